The Morgan fingerprint density at radius 3 is 1.67 bits per heavy atom. The second kappa shape index (κ2) is 15.7. The summed E-state index contributed by atoms with van der Waals surface area (Å²) >= 11 is -2.51. The quantitative estimate of drug-likeness (QED) is 0.208. The zero-order chi connectivity index (χ0) is 32.6. The SMILES string of the molecule is Cc1cc2c(cc1C(C)(C)C)-c1cc(C(C)(C)C)c(C)[c]([Zr+2](=[C](CCc3ccccc3)CCc3ccccc3)[CH]3C=CC=C3)c1C2.[Cl-].[Cl-]. The standard InChI is InChI=1S/C23H29.C17H18.C5H5.2ClH.Zr/c1-14-9-16-11-17-10-15(2)21(23(6,7)8)13-19(17)18(16)12-20(14)22(3,4)5;1-4-10-16(11-5-1)14-8-3-9-15-17-12-6-2-7-13-17;1-2-4-5-3-1;;;/h9,12-13H,11H2,1-8H3;1-2,4-7,10-13H,8-9,14-15H2;1-5H;2*1H;/q;;;;;+2/p-2. The largest absolute Gasteiger partial charge is 1.00 e. The molecule has 0 bridgehead atoms. The van der Waals surface area contributed by atoms with E-state index in [2.05, 4.69) is 159 Å². The molecule has 3 heteroatoms. The van der Waals surface area contributed by atoms with Crippen molar-refractivity contribution in [2.24, 2.45) is 0 Å². The summed E-state index contributed by atoms with van der Waals surface area (Å²) in [4.78, 5) is 0. The molecule has 4 aromatic rings. The minimum Gasteiger partial charge on any atom is -1.00 e. The van der Waals surface area contributed by atoms with E-state index in [1.165, 1.54) is 51.8 Å². The van der Waals surface area contributed by atoms with Crippen molar-refractivity contribution >= 4 is 6.48 Å². The van der Waals surface area contributed by atoms with Crippen molar-refractivity contribution in [3.8, 4) is 11.1 Å². The summed E-state index contributed by atoms with van der Waals surface area (Å²) in [5.74, 6) is 0. The summed E-state index contributed by atoms with van der Waals surface area (Å²) in [6.45, 7) is 19.2. The molecule has 0 atom stereocenters. The molecule has 2 aliphatic carbocycles. The smallest absolute Gasteiger partial charge is 1.00 e. The molecule has 0 unspecified atom stereocenters. The van der Waals surface area contributed by atoms with Gasteiger partial charge in [0.25, 0.3) is 0 Å². The molecule has 48 heavy (non-hydrogen) atoms. The van der Waals surface area contributed by atoms with Gasteiger partial charge in [-0.25, -0.2) is 0 Å². The van der Waals surface area contributed by atoms with E-state index >= 15 is 0 Å². The van der Waals surface area contributed by atoms with Crippen LogP contribution in [0, 0.1) is 13.8 Å². The summed E-state index contributed by atoms with van der Waals surface area (Å²) in [6.07, 6.45) is 15.5. The minimum absolute atomic E-state index is 0. The first-order valence-corrected chi connectivity index (χ1v) is 21.3. The zero-order valence-electron chi connectivity index (χ0n) is 30.2. The van der Waals surface area contributed by atoms with Crippen molar-refractivity contribution in [3.63, 3.8) is 0 Å². The molecule has 0 N–H and O–H groups in total. The number of benzene rings is 4. The van der Waals surface area contributed by atoms with Gasteiger partial charge in [-0.1, -0.05) is 0 Å². The summed E-state index contributed by atoms with van der Waals surface area (Å²) in [6, 6.07) is 30.1. The minimum atomic E-state index is -2.51. The van der Waals surface area contributed by atoms with Crippen LogP contribution in [-0.2, 0) is 51.4 Å². The predicted octanol–water partition coefficient (Wildman–Crippen LogP) is 5.07. The van der Waals surface area contributed by atoms with Crippen LogP contribution in [0.1, 0.15) is 98.9 Å². The molecule has 0 saturated carbocycles. The van der Waals surface area contributed by atoms with Crippen LogP contribution in [0.25, 0.3) is 11.1 Å². The van der Waals surface area contributed by atoms with Crippen LogP contribution in [0.3, 0.4) is 0 Å². The van der Waals surface area contributed by atoms with E-state index in [9.17, 15) is 0 Å². The molecule has 0 radical (unpaired) electrons. The Balaban J connectivity index is 0.00000260. The van der Waals surface area contributed by atoms with Crippen LogP contribution in [0.5, 0.6) is 0 Å². The Labute approximate surface area is 311 Å². The van der Waals surface area contributed by atoms with Crippen LogP contribution >= 0.6 is 0 Å². The molecule has 0 fully saturated rings. The summed E-state index contributed by atoms with van der Waals surface area (Å²) in [5, 5.41) is 0. The summed E-state index contributed by atoms with van der Waals surface area (Å²) in [5.41, 5.74) is 15.4. The molecule has 4 aromatic carbocycles. The fourth-order valence-corrected chi connectivity index (χ4v) is 17.0. The number of allylic oxidation sites excluding steroid dienone is 4. The molecule has 0 nitrogen and oxygen atoms in total. The van der Waals surface area contributed by atoms with Crippen LogP contribution in [0.2, 0.25) is 3.63 Å². The van der Waals surface area contributed by atoms with Crippen molar-refractivity contribution in [1.29, 1.82) is 0 Å². The van der Waals surface area contributed by atoms with Gasteiger partial charge in [-0.2, -0.15) is 0 Å². The number of rotatable bonds is 8. The average molecular weight is 755 g/mol. The van der Waals surface area contributed by atoms with Crippen molar-refractivity contribution in [1.82, 2.24) is 0 Å². The molecule has 0 spiro atoms. The Kier molecular flexibility index (Phi) is 12.6. The van der Waals surface area contributed by atoms with Crippen molar-refractivity contribution in [2.75, 3.05) is 0 Å². The normalized spacial score (nSPS) is 13.3. The van der Waals surface area contributed by atoms with E-state index < -0.39 is 21.3 Å². The van der Waals surface area contributed by atoms with E-state index in [0.29, 0.717) is 3.63 Å². The number of hydrogen-bond acceptors (Lipinski definition) is 0. The van der Waals surface area contributed by atoms with Crippen molar-refractivity contribution in [2.45, 2.75) is 102 Å². The third-order valence-corrected chi connectivity index (χ3v) is 18.9. The Morgan fingerprint density at radius 2 is 1.17 bits per heavy atom. The number of aryl methyl sites for hydroxylation is 3. The molecule has 0 aliphatic heterocycles. The third kappa shape index (κ3) is 8.18. The molecule has 0 heterocycles. The third-order valence-electron chi connectivity index (χ3n) is 10.3. The van der Waals surface area contributed by atoms with Gasteiger partial charge in [-0.3, -0.25) is 0 Å². The zero-order valence-corrected chi connectivity index (χ0v) is 34.2. The van der Waals surface area contributed by atoms with Gasteiger partial charge >= 0.3 is 288 Å². The maximum Gasteiger partial charge on any atom is -1.00 e. The molecule has 0 saturated heterocycles. The van der Waals surface area contributed by atoms with Crippen LogP contribution in [-0.4, -0.2) is 3.21 Å². The van der Waals surface area contributed by atoms with E-state index in [-0.39, 0.29) is 35.6 Å². The molecule has 0 aromatic heterocycles. The number of fused-ring (bicyclic) bond motifs is 3. The Morgan fingerprint density at radius 1 is 0.667 bits per heavy atom. The topological polar surface area (TPSA) is 0 Å². The van der Waals surface area contributed by atoms with Gasteiger partial charge in [0.05, 0.1) is 0 Å². The Hall–Kier alpha value is -2.31. The molecule has 2 aliphatic rings. The molecular weight excluding hydrogens is 703 g/mol. The first kappa shape index (κ1) is 38.5. The molecule has 250 valence electrons. The van der Waals surface area contributed by atoms with Crippen LogP contribution in [0.15, 0.2) is 103 Å². The second-order valence-electron chi connectivity index (χ2n) is 15.7. The maximum atomic E-state index is 2.61. The van der Waals surface area contributed by atoms with Gasteiger partial charge < -0.3 is 24.8 Å². The summed E-state index contributed by atoms with van der Waals surface area (Å²) in [7, 11) is 0. The first-order chi connectivity index (χ1) is 21.9. The van der Waals surface area contributed by atoms with Gasteiger partial charge in [-0.05, 0) is 0 Å². The van der Waals surface area contributed by atoms with Gasteiger partial charge in [-0.15, -0.1) is 0 Å². The number of hydrogen-bond donors (Lipinski definition) is 0. The van der Waals surface area contributed by atoms with E-state index in [0.717, 1.165) is 19.3 Å². The second-order valence-corrected chi connectivity index (χ2v) is 22.4. The first-order valence-electron chi connectivity index (χ1n) is 17.4. The van der Waals surface area contributed by atoms with Gasteiger partial charge in [0.1, 0.15) is 0 Å². The fourth-order valence-electron chi connectivity index (χ4n) is 8.04. The number of halogens is 2. The monoisotopic (exact) mass is 752 g/mol. The summed E-state index contributed by atoms with van der Waals surface area (Å²) < 4.78 is 4.25. The maximum absolute atomic E-state index is 2.61. The van der Waals surface area contributed by atoms with Gasteiger partial charge in [0, 0.05) is 0 Å². The van der Waals surface area contributed by atoms with E-state index in [4.69, 9.17) is 0 Å². The van der Waals surface area contributed by atoms with Gasteiger partial charge in [0.2, 0.25) is 0 Å². The molecule has 0 amide bonds. The van der Waals surface area contributed by atoms with Crippen LogP contribution in [0.4, 0.5) is 0 Å². The van der Waals surface area contributed by atoms with Gasteiger partial charge in [0.15, 0.2) is 0 Å². The fraction of sp³-hybridized carbons (Fsp3) is 0.356. The van der Waals surface area contributed by atoms with Crippen molar-refractivity contribution in [3.05, 3.63) is 148 Å². The average Bonchev–Trinajstić information content (AvgIpc) is 3.66. The molecular formula is C45H52Cl2Zr. The Bertz CT molecular complexity index is 1770. The van der Waals surface area contributed by atoms with E-state index in [1.807, 2.05) is 3.21 Å². The van der Waals surface area contributed by atoms with Crippen LogP contribution < -0.4 is 28.1 Å². The molecule has 6 rings (SSSR count). The predicted molar refractivity (Wildman–Crippen MR) is 198 cm³/mol. The van der Waals surface area contributed by atoms with Crippen molar-refractivity contribution < 1.29 is 46.1 Å². The van der Waals surface area contributed by atoms with E-state index in [1.54, 1.807) is 20.0 Å².